The van der Waals surface area contributed by atoms with E-state index in [1.807, 2.05) is 54.6 Å². The van der Waals surface area contributed by atoms with Crippen molar-refractivity contribution in [1.82, 2.24) is 0 Å². The molecule has 0 saturated heterocycles. The van der Waals surface area contributed by atoms with Crippen molar-refractivity contribution in [2.45, 2.75) is 6.54 Å². The molecule has 22 heavy (non-hydrogen) atoms. The molecule has 0 spiro atoms. The lowest BCUT2D eigenvalue weighted by molar-refractivity contribution is 0.112. The third-order valence-electron chi connectivity index (χ3n) is 3.59. The van der Waals surface area contributed by atoms with E-state index in [2.05, 4.69) is 0 Å². The highest BCUT2D eigenvalue weighted by Gasteiger charge is 2.18. The number of aldehydes is 1. The van der Waals surface area contributed by atoms with Gasteiger partial charge in [0.25, 0.3) is 0 Å². The van der Waals surface area contributed by atoms with Gasteiger partial charge in [0.2, 0.25) is 0 Å². The predicted octanol–water partition coefficient (Wildman–Crippen LogP) is 3.94. The fourth-order valence-electron chi connectivity index (χ4n) is 2.45. The van der Waals surface area contributed by atoms with E-state index in [0.717, 1.165) is 33.4 Å². The van der Waals surface area contributed by atoms with E-state index in [-0.39, 0.29) is 0 Å². The molecule has 3 nitrogen and oxygen atoms in total. The first-order valence-electron chi connectivity index (χ1n) is 6.97. The van der Waals surface area contributed by atoms with E-state index >= 15 is 0 Å². The highest BCUT2D eigenvalue weighted by Crippen LogP contribution is 2.43. The molecule has 110 valence electrons. The second-order valence-electron chi connectivity index (χ2n) is 4.97. The topological polar surface area (TPSA) is 69.1 Å². The standard InChI is InChI=1S/C18H16N2OS/c19-10-12-6-8-13(9-7-12)16-15(11-21)22-18(17(16)20)14-4-2-1-3-5-14/h1-9,11H,10,19-20H2. The van der Waals surface area contributed by atoms with Crippen LogP contribution in [0.25, 0.3) is 21.6 Å². The van der Waals surface area contributed by atoms with Crippen LogP contribution in [0.3, 0.4) is 0 Å². The zero-order chi connectivity index (χ0) is 15.5. The molecule has 0 radical (unpaired) electrons. The van der Waals surface area contributed by atoms with E-state index in [0.29, 0.717) is 17.1 Å². The van der Waals surface area contributed by atoms with E-state index < -0.39 is 0 Å². The van der Waals surface area contributed by atoms with Crippen molar-refractivity contribution in [3.63, 3.8) is 0 Å². The van der Waals surface area contributed by atoms with Gasteiger partial charge in [0, 0.05) is 12.1 Å². The van der Waals surface area contributed by atoms with Crippen molar-refractivity contribution in [1.29, 1.82) is 0 Å². The molecule has 0 amide bonds. The van der Waals surface area contributed by atoms with E-state index in [4.69, 9.17) is 11.5 Å². The molecule has 3 aromatic rings. The number of rotatable bonds is 4. The molecule has 1 aromatic heterocycles. The van der Waals surface area contributed by atoms with E-state index in [1.54, 1.807) is 0 Å². The van der Waals surface area contributed by atoms with Crippen LogP contribution in [0.4, 0.5) is 5.69 Å². The molecule has 0 fully saturated rings. The first-order valence-corrected chi connectivity index (χ1v) is 7.78. The molecule has 0 saturated carbocycles. The number of nitrogen functional groups attached to an aromatic ring is 1. The predicted molar refractivity (Wildman–Crippen MR) is 92.9 cm³/mol. The third kappa shape index (κ3) is 2.54. The van der Waals surface area contributed by atoms with Crippen molar-refractivity contribution in [3.05, 3.63) is 65.0 Å². The van der Waals surface area contributed by atoms with Gasteiger partial charge in [-0.3, -0.25) is 4.79 Å². The van der Waals surface area contributed by atoms with Crippen molar-refractivity contribution in [3.8, 4) is 21.6 Å². The summed E-state index contributed by atoms with van der Waals surface area (Å²) in [6, 6.07) is 17.7. The maximum absolute atomic E-state index is 11.5. The zero-order valence-corrected chi connectivity index (χ0v) is 12.8. The Hall–Kier alpha value is -2.43. The average molecular weight is 308 g/mol. The molecule has 4 heteroatoms. The van der Waals surface area contributed by atoms with Crippen molar-refractivity contribution in [2.24, 2.45) is 5.73 Å². The SMILES string of the molecule is NCc1ccc(-c2c(C=O)sc(-c3ccccc3)c2N)cc1. The highest BCUT2D eigenvalue weighted by molar-refractivity contribution is 7.18. The van der Waals surface area contributed by atoms with E-state index in [9.17, 15) is 4.79 Å². The van der Waals surface area contributed by atoms with Crippen LogP contribution in [0, 0.1) is 0 Å². The van der Waals surface area contributed by atoms with Gasteiger partial charge in [-0.05, 0) is 16.7 Å². The lowest BCUT2D eigenvalue weighted by atomic mass is 10.0. The van der Waals surface area contributed by atoms with Gasteiger partial charge < -0.3 is 11.5 Å². The Bertz CT molecular complexity index is 792. The Kier molecular flexibility index (Phi) is 4.04. The number of hydrogen-bond acceptors (Lipinski definition) is 4. The maximum atomic E-state index is 11.5. The minimum atomic E-state index is 0.495. The summed E-state index contributed by atoms with van der Waals surface area (Å²) in [7, 11) is 0. The molecule has 4 N–H and O–H groups in total. The summed E-state index contributed by atoms with van der Waals surface area (Å²) >= 11 is 1.43. The van der Waals surface area contributed by atoms with Crippen LogP contribution in [0.1, 0.15) is 15.2 Å². The number of nitrogens with two attached hydrogens (primary N) is 2. The molecular weight excluding hydrogens is 292 g/mol. The summed E-state index contributed by atoms with van der Waals surface area (Å²) in [6.07, 6.45) is 0.875. The van der Waals surface area contributed by atoms with Gasteiger partial charge in [-0.15, -0.1) is 11.3 Å². The minimum absolute atomic E-state index is 0.495. The molecule has 3 rings (SSSR count). The van der Waals surface area contributed by atoms with Crippen molar-refractivity contribution >= 4 is 23.3 Å². The van der Waals surface area contributed by atoms with E-state index in [1.165, 1.54) is 11.3 Å². The number of hydrogen-bond donors (Lipinski definition) is 2. The van der Waals surface area contributed by atoms with Crippen LogP contribution in [-0.4, -0.2) is 6.29 Å². The monoisotopic (exact) mass is 308 g/mol. The Morgan fingerprint density at radius 3 is 2.23 bits per heavy atom. The van der Waals surface area contributed by atoms with Crippen molar-refractivity contribution < 1.29 is 4.79 Å². The molecule has 0 aliphatic rings. The summed E-state index contributed by atoms with van der Waals surface area (Å²) < 4.78 is 0. The molecule has 0 unspecified atom stereocenters. The minimum Gasteiger partial charge on any atom is -0.397 e. The van der Waals surface area contributed by atoms with Crippen LogP contribution in [0.5, 0.6) is 0 Å². The zero-order valence-electron chi connectivity index (χ0n) is 12.0. The molecule has 0 atom stereocenters. The number of anilines is 1. The normalized spacial score (nSPS) is 10.6. The van der Waals surface area contributed by atoms with Crippen LogP contribution >= 0.6 is 11.3 Å². The summed E-state index contributed by atoms with van der Waals surface area (Å²) in [4.78, 5) is 13.0. The Labute approximate surface area is 133 Å². The Morgan fingerprint density at radius 1 is 0.955 bits per heavy atom. The van der Waals surface area contributed by atoms with Gasteiger partial charge in [0.1, 0.15) is 0 Å². The van der Waals surface area contributed by atoms with Crippen LogP contribution in [-0.2, 0) is 6.54 Å². The number of carbonyl (C=O) groups is 1. The second kappa shape index (κ2) is 6.13. The number of carbonyl (C=O) groups excluding carboxylic acids is 1. The van der Waals surface area contributed by atoms with Crippen LogP contribution in [0.2, 0.25) is 0 Å². The Morgan fingerprint density at radius 2 is 1.64 bits per heavy atom. The summed E-state index contributed by atoms with van der Waals surface area (Å²) in [5.74, 6) is 0. The highest BCUT2D eigenvalue weighted by atomic mass is 32.1. The fourth-order valence-corrected chi connectivity index (χ4v) is 3.52. The first-order chi connectivity index (χ1) is 10.7. The molecule has 2 aromatic carbocycles. The summed E-state index contributed by atoms with van der Waals surface area (Å²) in [5.41, 5.74) is 16.4. The third-order valence-corrected chi connectivity index (χ3v) is 4.77. The average Bonchev–Trinajstić information content (AvgIpc) is 2.92. The second-order valence-corrected chi connectivity index (χ2v) is 6.02. The van der Waals surface area contributed by atoms with Gasteiger partial charge in [-0.25, -0.2) is 0 Å². The van der Waals surface area contributed by atoms with Gasteiger partial charge >= 0.3 is 0 Å². The molecule has 1 heterocycles. The summed E-state index contributed by atoms with van der Waals surface area (Å²) in [6.45, 7) is 0.495. The molecule has 0 aliphatic carbocycles. The molecular formula is C18H16N2OS. The van der Waals surface area contributed by atoms with Gasteiger partial charge in [0.05, 0.1) is 15.4 Å². The maximum Gasteiger partial charge on any atom is 0.160 e. The first kappa shape index (κ1) is 14.5. The summed E-state index contributed by atoms with van der Waals surface area (Å²) in [5, 5.41) is 0. The Balaban J connectivity index is 2.15. The van der Waals surface area contributed by atoms with Crippen molar-refractivity contribution in [2.75, 3.05) is 5.73 Å². The molecule has 0 aliphatic heterocycles. The number of thiophene rings is 1. The quantitative estimate of drug-likeness (QED) is 0.717. The van der Waals surface area contributed by atoms with Gasteiger partial charge in [-0.2, -0.15) is 0 Å². The van der Waals surface area contributed by atoms with Gasteiger partial charge in [-0.1, -0.05) is 54.6 Å². The fraction of sp³-hybridized carbons (Fsp3) is 0.0556. The van der Waals surface area contributed by atoms with Crippen LogP contribution < -0.4 is 11.5 Å². The van der Waals surface area contributed by atoms with Crippen LogP contribution in [0.15, 0.2) is 54.6 Å². The molecule has 0 bridgehead atoms. The largest absolute Gasteiger partial charge is 0.397 e. The van der Waals surface area contributed by atoms with Gasteiger partial charge in [0.15, 0.2) is 6.29 Å². The lowest BCUT2D eigenvalue weighted by Crippen LogP contribution is -1.96. The number of benzene rings is 2. The smallest absolute Gasteiger partial charge is 0.160 e. The lowest BCUT2D eigenvalue weighted by Gasteiger charge is -2.05.